The lowest BCUT2D eigenvalue weighted by atomic mass is 10.1. The SMILES string of the molecule is COc1ccc(O)c(C(=O)NCc2cccnc2N2CCN(C)CC2)c1. The molecule has 7 heteroatoms. The highest BCUT2D eigenvalue weighted by Gasteiger charge is 2.19. The van der Waals surface area contributed by atoms with E-state index >= 15 is 0 Å². The number of piperazine rings is 1. The largest absolute Gasteiger partial charge is 0.507 e. The third-order valence-electron chi connectivity index (χ3n) is 4.56. The van der Waals surface area contributed by atoms with Crippen LogP contribution in [0.3, 0.4) is 0 Å². The van der Waals surface area contributed by atoms with Crippen LogP contribution < -0.4 is 15.0 Å². The van der Waals surface area contributed by atoms with E-state index in [0.29, 0.717) is 12.3 Å². The number of aromatic hydroxyl groups is 1. The van der Waals surface area contributed by atoms with Crippen LogP contribution in [0.4, 0.5) is 5.82 Å². The van der Waals surface area contributed by atoms with Gasteiger partial charge in [0.05, 0.1) is 12.7 Å². The number of phenols is 1. The lowest BCUT2D eigenvalue weighted by Gasteiger charge is -2.34. The molecule has 26 heavy (non-hydrogen) atoms. The molecule has 0 spiro atoms. The summed E-state index contributed by atoms with van der Waals surface area (Å²) in [5.74, 6) is 0.992. The number of benzene rings is 1. The van der Waals surface area contributed by atoms with E-state index in [1.54, 1.807) is 12.3 Å². The summed E-state index contributed by atoms with van der Waals surface area (Å²) in [7, 11) is 3.63. The van der Waals surface area contributed by atoms with Gasteiger partial charge in [-0.1, -0.05) is 6.07 Å². The lowest BCUT2D eigenvalue weighted by molar-refractivity contribution is 0.0948. The molecule has 0 aliphatic carbocycles. The molecule has 1 aromatic heterocycles. The normalized spacial score (nSPS) is 14.9. The summed E-state index contributed by atoms with van der Waals surface area (Å²) in [5, 5.41) is 12.8. The number of amides is 1. The zero-order chi connectivity index (χ0) is 18.5. The lowest BCUT2D eigenvalue weighted by Crippen LogP contribution is -2.45. The van der Waals surface area contributed by atoms with E-state index in [4.69, 9.17) is 4.74 Å². The topological polar surface area (TPSA) is 77.9 Å². The molecule has 0 saturated carbocycles. The maximum Gasteiger partial charge on any atom is 0.255 e. The van der Waals surface area contributed by atoms with E-state index in [2.05, 4.69) is 27.1 Å². The number of aromatic nitrogens is 1. The zero-order valence-electron chi connectivity index (χ0n) is 15.1. The summed E-state index contributed by atoms with van der Waals surface area (Å²) < 4.78 is 5.12. The van der Waals surface area contributed by atoms with Crippen LogP contribution in [0.2, 0.25) is 0 Å². The van der Waals surface area contributed by atoms with Gasteiger partial charge in [-0.15, -0.1) is 0 Å². The van der Waals surface area contributed by atoms with Gasteiger partial charge in [0.15, 0.2) is 0 Å². The second-order valence-corrected chi connectivity index (χ2v) is 6.34. The smallest absolute Gasteiger partial charge is 0.255 e. The van der Waals surface area contributed by atoms with Gasteiger partial charge in [-0.05, 0) is 31.3 Å². The summed E-state index contributed by atoms with van der Waals surface area (Å²) in [6.45, 7) is 4.13. The summed E-state index contributed by atoms with van der Waals surface area (Å²) >= 11 is 0. The van der Waals surface area contributed by atoms with Gasteiger partial charge in [0.1, 0.15) is 17.3 Å². The maximum absolute atomic E-state index is 12.5. The molecule has 2 heterocycles. The molecule has 1 saturated heterocycles. The number of anilines is 1. The monoisotopic (exact) mass is 356 g/mol. The highest BCUT2D eigenvalue weighted by molar-refractivity contribution is 5.97. The average molecular weight is 356 g/mol. The van der Waals surface area contributed by atoms with Crippen molar-refractivity contribution in [3.05, 3.63) is 47.7 Å². The van der Waals surface area contributed by atoms with Crippen LogP contribution in [0.5, 0.6) is 11.5 Å². The number of pyridine rings is 1. The first-order valence-electron chi connectivity index (χ1n) is 8.61. The maximum atomic E-state index is 12.5. The Morgan fingerprint density at radius 1 is 1.27 bits per heavy atom. The Balaban J connectivity index is 1.71. The van der Waals surface area contributed by atoms with Gasteiger partial charge in [-0.2, -0.15) is 0 Å². The highest BCUT2D eigenvalue weighted by atomic mass is 16.5. The summed E-state index contributed by atoms with van der Waals surface area (Å²) in [4.78, 5) is 21.5. The Bertz CT molecular complexity index is 773. The van der Waals surface area contributed by atoms with Crippen LogP contribution >= 0.6 is 0 Å². The average Bonchev–Trinajstić information content (AvgIpc) is 2.67. The third kappa shape index (κ3) is 4.05. The fourth-order valence-electron chi connectivity index (χ4n) is 2.97. The number of carbonyl (C=O) groups excluding carboxylic acids is 1. The first-order valence-corrected chi connectivity index (χ1v) is 8.61. The minimum absolute atomic E-state index is 0.0752. The van der Waals surface area contributed by atoms with Crippen molar-refractivity contribution in [2.45, 2.75) is 6.54 Å². The number of nitrogens with one attached hydrogen (secondary N) is 1. The van der Waals surface area contributed by atoms with Crippen LogP contribution in [0.25, 0.3) is 0 Å². The van der Waals surface area contributed by atoms with Gasteiger partial charge < -0.3 is 25.0 Å². The summed E-state index contributed by atoms with van der Waals surface area (Å²) in [5.41, 5.74) is 1.14. The molecule has 1 fully saturated rings. The van der Waals surface area contributed by atoms with Gasteiger partial charge in [0, 0.05) is 44.5 Å². The molecule has 3 rings (SSSR count). The molecule has 0 atom stereocenters. The van der Waals surface area contributed by atoms with E-state index in [9.17, 15) is 9.90 Å². The van der Waals surface area contributed by atoms with Gasteiger partial charge in [-0.25, -0.2) is 4.98 Å². The molecule has 0 radical (unpaired) electrons. The quantitative estimate of drug-likeness (QED) is 0.845. The van der Waals surface area contributed by atoms with Crippen molar-refractivity contribution in [1.82, 2.24) is 15.2 Å². The second kappa shape index (κ2) is 8.05. The number of rotatable bonds is 5. The summed E-state index contributed by atoms with van der Waals surface area (Å²) in [6, 6.07) is 8.41. The second-order valence-electron chi connectivity index (χ2n) is 6.34. The number of ether oxygens (including phenoxy) is 1. The van der Waals surface area contributed by atoms with Crippen molar-refractivity contribution in [2.75, 3.05) is 45.2 Å². The molecular formula is C19H24N4O3. The Labute approximate surface area is 153 Å². The Morgan fingerprint density at radius 2 is 2.04 bits per heavy atom. The third-order valence-corrected chi connectivity index (χ3v) is 4.56. The molecule has 0 bridgehead atoms. The molecular weight excluding hydrogens is 332 g/mol. The van der Waals surface area contributed by atoms with Crippen LogP contribution in [-0.4, -0.2) is 61.2 Å². The molecule has 1 aromatic carbocycles. The predicted octanol–water partition coefficient (Wildman–Crippen LogP) is 1.48. The number of phenolic OH excluding ortho intramolecular Hbond substituents is 1. The van der Waals surface area contributed by atoms with E-state index in [1.165, 1.54) is 19.2 Å². The van der Waals surface area contributed by atoms with Crippen molar-refractivity contribution in [2.24, 2.45) is 0 Å². The van der Waals surface area contributed by atoms with Crippen molar-refractivity contribution in [1.29, 1.82) is 0 Å². The van der Waals surface area contributed by atoms with Crippen molar-refractivity contribution >= 4 is 11.7 Å². The standard InChI is InChI=1S/C19H24N4O3/c1-22-8-10-23(11-9-22)18-14(4-3-7-20-18)13-21-19(25)16-12-15(26-2)5-6-17(16)24/h3-7,12,24H,8-11,13H2,1-2H3,(H,21,25). The molecule has 7 nitrogen and oxygen atoms in total. The first-order chi connectivity index (χ1) is 12.6. The molecule has 1 aliphatic rings. The van der Waals surface area contributed by atoms with Crippen molar-refractivity contribution in [3.63, 3.8) is 0 Å². The van der Waals surface area contributed by atoms with Crippen molar-refractivity contribution < 1.29 is 14.6 Å². The molecule has 0 unspecified atom stereocenters. The first kappa shape index (κ1) is 18.0. The zero-order valence-corrected chi connectivity index (χ0v) is 15.1. The Kier molecular flexibility index (Phi) is 5.58. The molecule has 2 N–H and O–H groups in total. The Morgan fingerprint density at radius 3 is 2.77 bits per heavy atom. The van der Waals surface area contributed by atoms with Gasteiger partial charge in [0.2, 0.25) is 0 Å². The van der Waals surface area contributed by atoms with Crippen LogP contribution in [0.1, 0.15) is 15.9 Å². The molecule has 2 aromatic rings. The van der Waals surface area contributed by atoms with E-state index in [-0.39, 0.29) is 17.2 Å². The fraction of sp³-hybridized carbons (Fsp3) is 0.368. The molecule has 1 amide bonds. The molecule has 1 aliphatic heterocycles. The van der Waals surface area contributed by atoms with Crippen LogP contribution in [0.15, 0.2) is 36.5 Å². The van der Waals surface area contributed by atoms with Crippen molar-refractivity contribution in [3.8, 4) is 11.5 Å². The Hall–Kier alpha value is -2.80. The van der Waals surface area contributed by atoms with E-state index in [0.717, 1.165) is 37.6 Å². The minimum Gasteiger partial charge on any atom is -0.507 e. The number of carbonyl (C=O) groups is 1. The minimum atomic E-state index is -0.352. The van der Waals surface area contributed by atoms with Crippen LogP contribution in [0, 0.1) is 0 Å². The number of nitrogens with zero attached hydrogens (tertiary/aromatic N) is 3. The van der Waals surface area contributed by atoms with E-state index in [1.807, 2.05) is 12.1 Å². The van der Waals surface area contributed by atoms with E-state index < -0.39 is 0 Å². The number of likely N-dealkylation sites (N-methyl/N-ethyl adjacent to an activating group) is 1. The number of hydrogen-bond acceptors (Lipinski definition) is 6. The number of hydrogen-bond donors (Lipinski definition) is 2. The highest BCUT2D eigenvalue weighted by Crippen LogP contribution is 2.23. The van der Waals surface area contributed by atoms with Gasteiger partial charge >= 0.3 is 0 Å². The predicted molar refractivity (Wildman–Crippen MR) is 99.8 cm³/mol. The van der Waals surface area contributed by atoms with Crippen LogP contribution in [-0.2, 0) is 6.54 Å². The van der Waals surface area contributed by atoms with Gasteiger partial charge in [0.25, 0.3) is 5.91 Å². The van der Waals surface area contributed by atoms with Gasteiger partial charge in [-0.3, -0.25) is 4.79 Å². The number of methoxy groups -OCH3 is 1. The molecule has 138 valence electrons. The summed E-state index contributed by atoms with van der Waals surface area (Å²) in [6.07, 6.45) is 1.77. The fourth-order valence-corrected chi connectivity index (χ4v) is 2.97.